The van der Waals surface area contributed by atoms with Gasteiger partial charge in [0.2, 0.25) is 17.7 Å². The first-order valence-corrected chi connectivity index (χ1v) is 25.6. The number of carbonyl (C=O) groups is 5. The fourth-order valence-electron chi connectivity index (χ4n) is 8.54. The first-order chi connectivity index (χ1) is 34.1. The summed E-state index contributed by atoms with van der Waals surface area (Å²) in [6, 6.07) is 24.4. The van der Waals surface area contributed by atoms with Crippen molar-refractivity contribution in [2.24, 2.45) is 0 Å². The highest BCUT2D eigenvalue weighted by molar-refractivity contribution is 5.91. The van der Waals surface area contributed by atoms with Crippen LogP contribution < -0.4 is 16.0 Å². The molecule has 3 N–H and O–H groups in total. The van der Waals surface area contributed by atoms with E-state index in [1.165, 1.54) is 84.5 Å². The number of benzene rings is 3. The van der Waals surface area contributed by atoms with Gasteiger partial charge in [0.15, 0.2) is 12.6 Å². The van der Waals surface area contributed by atoms with Gasteiger partial charge < -0.3 is 49.1 Å². The van der Waals surface area contributed by atoms with E-state index in [9.17, 15) is 24.0 Å². The van der Waals surface area contributed by atoms with Crippen LogP contribution in [0.3, 0.4) is 0 Å². The third-order valence-corrected chi connectivity index (χ3v) is 12.4. The first-order valence-electron chi connectivity index (χ1n) is 25.6. The average molecular weight is 972 g/mol. The Morgan fingerprint density at radius 1 is 0.671 bits per heavy atom. The van der Waals surface area contributed by atoms with Crippen molar-refractivity contribution in [3.8, 4) is 0 Å². The maximum Gasteiger partial charge on any atom is 0.328 e. The Bertz CT molecular complexity index is 1980. The summed E-state index contributed by atoms with van der Waals surface area (Å²) in [4.78, 5) is 66.0. The average Bonchev–Trinajstić information content (AvgIpc) is 3.37. The predicted molar refractivity (Wildman–Crippen MR) is 264 cm³/mol. The molecule has 3 amide bonds. The number of fused-ring (bicyclic) bond motifs is 1. The maximum atomic E-state index is 13.6. The molecule has 2 aliphatic rings. The van der Waals surface area contributed by atoms with E-state index in [2.05, 4.69) is 22.9 Å². The SMILES string of the molecule is CCCCCCCCCCCCCCCCO[C@@H]1O[C@@H]2COC(c3ccccc3)O[C@H]2[C@H](OCC(=O)N[C@@H](C)C(=O)N[C@H](CCC(=O)OCc2ccccc2)C(=O)OCc2ccccc2)[C@H]1NC(C)=O. The molecule has 0 aromatic heterocycles. The van der Waals surface area contributed by atoms with Crippen LogP contribution in [0, 0.1) is 0 Å². The minimum absolute atomic E-state index is 0.0467. The van der Waals surface area contributed by atoms with Gasteiger partial charge in [0.05, 0.1) is 6.61 Å². The van der Waals surface area contributed by atoms with Gasteiger partial charge in [-0.25, -0.2) is 4.79 Å². The molecule has 15 nitrogen and oxygen atoms in total. The minimum atomic E-state index is -1.22. The van der Waals surface area contributed by atoms with Gasteiger partial charge in [-0.3, -0.25) is 19.2 Å². The Kier molecular flexibility index (Phi) is 25.4. The van der Waals surface area contributed by atoms with E-state index < -0.39 is 79.4 Å². The molecule has 384 valence electrons. The Morgan fingerprint density at radius 3 is 1.81 bits per heavy atom. The summed E-state index contributed by atoms with van der Waals surface area (Å²) < 4.78 is 42.6. The second-order valence-electron chi connectivity index (χ2n) is 18.3. The molecule has 1 unspecified atom stereocenters. The first kappa shape index (κ1) is 55.7. The molecule has 0 saturated carbocycles. The molecule has 5 rings (SSSR count). The van der Waals surface area contributed by atoms with Crippen molar-refractivity contribution in [2.45, 2.75) is 186 Å². The summed E-state index contributed by atoms with van der Waals surface area (Å²) in [6.45, 7) is 5.11. The molecule has 2 aliphatic heterocycles. The molecule has 3 aromatic carbocycles. The van der Waals surface area contributed by atoms with E-state index in [1.54, 1.807) is 12.1 Å². The molecule has 0 aliphatic carbocycles. The smallest absolute Gasteiger partial charge is 0.328 e. The van der Waals surface area contributed by atoms with E-state index in [0.29, 0.717) is 6.61 Å². The highest BCUT2D eigenvalue weighted by atomic mass is 16.8. The number of carbonyl (C=O) groups excluding carboxylic acids is 5. The van der Waals surface area contributed by atoms with Gasteiger partial charge in [0, 0.05) is 25.5 Å². The molecule has 15 heteroatoms. The van der Waals surface area contributed by atoms with E-state index in [4.69, 9.17) is 33.2 Å². The summed E-state index contributed by atoms with van der Waals surface area (Å²) in [6.07, 6.45) is 12.9. The number of hydrogen-bond acceptors (Lipinski definition) is 12. The molecule has 0 radical (unpaired) electrons. The standard InChI is InChI=1S/C55H77N3O12/c1-4-5-6-7-8-9-10-11-12-13-14-15-16-26-35-64-55-49(57-41(3)59)51(50-46(69-55)38-68-54(70-50)44-31-24-19-25-32-44)66-39-47(60)56-40(2)52(62)58-45(53(63)67-37-43-29-22-18-23-30-43)33-34-48(61)65-36-42-27-20-17-21-28-42/h17-25,27-32,40,45-46,49-51,54-55H,4-16,26,33-39H2,1-3H3,(H,56,60)(H,57,59)(H,58,62)/t40-,45+,46+,49+,50+,51+,54?,55+/m0/s1. The van der Waals surface area contributed by atoms with Crippen LogP contribution in [-0.4, -0.2) is 92.2 Å². The van der Waals surface area contributed by atoms with Gasteiger partial charge >= 0.3 is 11.9 Å². The van der Waals surface area contributed by atoms with E-state index >= 15 is 0 Å². The normalized spacial score (nSPS) is 20.6. The second-order valence-corrected chi connectivity index (χ2v) is 18.3. The molecule has 0 bridgehead atoms. The van der Waals surface area contributed by atoms with Gasteiger partial charge in [-0.2, -0.15) is 0 Å². The Hall–Kier alpha value is -5.19. The van der Waals surface area contributed by atoms with Crippen LogP contribution in [0.2, 0.25) is 0 Å². The zero-order valence-electron chi connectivity index (χ0n) is 41.5. The lowest BCUT2D eigenvalue weighted by atomic mass is 9.95. The van der Waals surface area contributed by atoms with Crippen molar-refractivity contribution >= 4 is 29.7 Å². The molecule has 2 fully saturated rings. The lowest BCUT2D eigenvalue weighted by Gasteiger charge is -2.49. The summed E-state index contributed by atoms with van der Waals surface area (Å²) in [5, 5.41) is 8.23. The summed E-state index contributed by atoms with van der Waals surface area (Å²) in [5.41, 5.74) is 2.32. The Labute approximate surface area is 414 Å². The second kappa shape index (κ2) is 31.9. The Morgan fingerprint density at radius 2 is 1.23 bits per heavy atom. The topological polar surface area (TPSA) is 186 Å². The van der Waals surface area contributed by atoms with Crippen LogP contribution >= 0.6 is 0 Å². The molecule has 0 spiro atoms. The number of unbranched alkanes of at least 4 members (excludes halogenated alkanes) is 13. The van der Waals surface area contributed by atoms with Gasteiger partial charge in [-0.05, 0) is 30.9 Å². The highest BCUT2D eigenvalue weighted by Crippen LogP contribution is 2.36. The fourth-order valence-corrected chi connectivity index (χ4v) is 8.54. The number of nitrogens with one attached hydrogen (secondary N) is 3. The molecule has 70 heavy (non-hydrogen) atoms. The number of ether oxygens (including phenoxy) is 7. The lowest BCUT2D eigenvalue weighted by Crippen LogP contribution is -2.67. The van der Waals surface area contributed by atoms with Crippen molar-refractivity contribution in [2.75, 3.05) is 19.8 Å². The lowest BCUT2D eigenvalue weighted by molar-refractivity contribution is -0.347. The van der Waals surface area contributed by atoms with Crippen molar-refractivity contribution in [1.29, 1.82) is 0 Å². The highest BCUT2D eigenvalue weighted by Gasteiger charge is 2.51. The number of rotatable bonds is 32. The van der Waals surface area contributed by atoms with Crippen LogP contribution in [0.5, 0.6) is 0 Å². The maximum absolute atomic E-state index is 13.6. The van der Waals surface area contributed by atoms with Gasteiger partial charge in [0.25, 0.3) is 0 Å². The predicted octanol–water partition coefficient (Wildman–Crippen LogP) is 8.47. The molecule has 2 saturated heterocycles. The van der Waals surface area contributed by atoms with E-state index in [-0.39, 0.29) is 38.6 Å². The molecule has 8 atom stereocenters. The van der Waals surface area contributed by atoms with Gasteiger partial charge in [-0.15, -0.1) is 0 Å². The van der Waals surface area contributed by atoms with Crippen molar-refractivity contribution in [3.63, 3.8) is 0 Å². The molecular formula is C55H77N3O12. The number of hydrogen-bond donors (Lipinski definition) is 3. The van der Waals surface area contributed by atoms with E-state index in [1.807, 2.05) is 78.9 Å². The van der Waals surface area contributed by atoms with Crippen molar-refractivity contribution < 1.29 is 57.1 Å². The van der Waals surface area contributed by atoms with Crippen LogP contribution in [0.4, 0.5) is 0 Å². The summed E-state index contributed by atoms with van der Waals surface area (Å²) in [5.74, 6) is -3.00. The molecular weight excluding hydrogens is 895 g/mol. The summed E-state index contributed by atoms with van der Waals surface area (Å²) in [7, 11) is 0. The quantitative estimate of drug-likeness (QED) is 0.0401. The van der Waals surface area contributed by atoms with Crippen molar-refractivity contribution in [1.82, 2.24) is 16.0 Å². The molecule has 2 heterocycles. The van der Waals surface area contributed by atoms with Crippen molar-refractivity contribution in [3.05, 3.63) is 108 Å². The largest absolute Gasteiger partial charge is 0.461 e. The number of amides is 3. The van der Waals surface area contributed by atoms with Crippen LogP contribution in [0.15, 0.2) is 91.0 Å². The van der Waals surface area contributed by atoms with Crippen LogP contribution in [0.1, 0.15) is 146 Å². The third-order valence-electron chi connectivity index (χ3n) is 12.4. The molecule has 3 aromatic rings. The van der Waals surface area contributed by atoms with E-state index in [0.717, 1.165) is 36.0 Å². The zero-order valence-corrected chi connectivity index (χ0v) is 41.5. The van der Waals surface area contributed by atoms with Gasteiger partial charge in [0.1, 0.15) is 56.3 Å². The van der Waals surface area contributed by atoms with Crippen LogP contribution in [0.25, 0.3) is 0 Å². The van der Waals surface area contributed by atoms with Gasteiger partial charge in [-0.1, -0.05) is 181 Å². The number of esters is 2. The zero-order chi connectivity index (χ0) is 49.8. The fraction of sp³-hybridized carbons (Fsp3) is 0.582. The summed E-state index contributed by atoms with van der Waals surface area (Å²) >= 11 is 0. The van der Waals surface area contributed by atoms with Crippen LogP contribution in [-0.2, 0) is 70.3 Å². The third kappa shape index (κ3) is 20.3. The monoisotopic (exact) mass is 972 g/mol. The minimum Gasteiger partial charge on any atom is -0.461 e. The Balaban J connectivity index is 1.15.